The molecule has 5 atom stereocenters. The van der Waals surface area contributed by atoms with Crippen LogP contribution in [0.2, 0.25) is 23.2 Å². The standard InChI is InChI=1S/C41H70O8Si2/c1-30(29-48-51(41(8,9)10,32-21-17-15-18-22-32)33-23-19-16-20-24-33)27-31(28-35(45-11)46-12)36(42)37(43)34(49-50(13,14)40(5,6)7)25-26-47-38(44)39(2,3)4/h15-24,30-31,34-37,42-43H,25-29H2,1-14H3/t30-,31-,34-,36+,37+/m1/s1. The molecule has 2 aromatic rings. The van der Waals surface area contributed by atoms with E-state index in [2.05, 4.69) is 110 Å². The minimum atomic E-state index is -2.78. The van der Waals surface area contributed by atoms with Crippen molar-refractivity contribution >= 4 is 33.0 Å². The first kappa shape index (κ1) is 45.3. The maximum Gasteiger partial charge on any atom is 0.311 e. The molecule has 0 amide bonds. The highest BCUT2D eigenvalue weighted by Gasteiger charge is 2.50. The molecular weight excluding hydrogens is 677 g/mol. The summed E-state index contributed by atoms with van der Waals surface area (Å²) in [7, 11) is -2.01. The number of esters is 1. The van der Waals surface area contributed by atoms with Crippen molar-refractivity contribution in [1.82, 2.24) is 0 Å². The summed E-state index contributed by atoms with van der Waals surface area (Å²) >= 11 is 0. The third-order valence-electron chi connectivity index (χ3n) is 10.4. The van der Waals surface area contributed by atoms with Crippen LogP contribution in [0.5, 0.6) is 0 Å². The Kier molecular flexibility index (Phi) is 16.8. The second-order valence-electron chi connectivity index (χ2n) is 17.8. The fourth-order valence-corrected chi connectivity index (χ4v) is 12.4. The van der Waals surface area contributed by atoms with Gasteiger partial charge in [-0.1, -0.05) is 109 Å². The maximum absolute atomic E-state index is 12.6. The molecule has 10 heteroatoms. The molecule has 2 rings (SSSR count). The molecule has 0 unspecified atom stereocenters. The van der Waals surface area contributed by atoms with Gasteiger partial charge in [-0.15, -0.1) is 0 Å². The van der Waals surface area contributed by atoms with Gasteiger partial charge < -0.3 is 33.3 Å². The summed E-state index contributed by atoms with van der Waals surface area (Å²) in [5.74, 6) is -0.718. The number of carbonyl (C=O) groups excluding carboxylic acids is 1. The van der Waals surface area contributed by atoms with Crippen LogP contribution in [0.15, 0.2) is 60.7 Å². The fourth-order valence-electron chi connectivity index (χ4n) is 6.36. The number of methoxy groups -OCH3 is 2. The van der Waals surface area contributed by atoms with Crippen LogP contribution in [0.25, 0.3) is 0 Å². The van der Waals surface area contributed by atoms with Crippen molar-refractivity contribution in [3.05, 3.63) is 60.7 Å². The number of hydrogen-bond donors (Lipinski definition) is 2. The smallest absolute Gasteiger partial charge is 0.311 e. The largest absolute Gasteiger partial charge is 0.465 e. The van der Waals surface area contributed by atoms with Crippen LogP contribution in [0.4, 0.5) is 0 Å². The van der Waals surface area contributed by atoms with Crippen LogP contribution in [0.3, 0.4) is 0 Å². The molecule has 0 heterocycles. The number of aliphatic hydroxyl groups is 2. The summed E-state index contributed by atoms with van der Waals surface area (Å²) < 4.78 is 30.8. The van der Waals surface area contributed by atoms with Crippen LogP contribution in [0, 0.1) is 17.3 Å². The minimum absolute atomic E-state index is 0.0142. The summed E-state index contributed by atoms with van der Waals surface area (Å²) in [5.41, 5.74) is -0.652. The Balaban J connectivity index is 2.44. The van der Waals surface area contributed by atoms with Gasteiger partial charge in [-0.05, 0) is 72.6 Å². The van der Waals surface area contributed by atoms with Crippen molar-refractivity contribution in [3.8, 4) is 0 Å². The van der Waals surface area contributed by atoms with Crippen molar-refractivity contribution in [1.29, 1.82) is 0 Å². The van der Waals surface area contributed by atoms with Crippen LogP contribution in [-0.2, 0) is 27.9 Å². The lowest BCUT2D eigenvalue weighted by atomic mass is 9.84. The molecule has 2 aromatic carbocycles. The summed E-state index contributed by atoms with van der Waals surface area (Å²) in [6.45, 7) is 25.5. The first-order valence-corrected chi connectivity index (χ1v) is 23.3. The number of carbonyl (C=O) groups is 1. The van der Waals surface area contributed by atoms with E-state index in [1.54, 1.807) is 14.2 Å². The lowest BCUT2D eigenvalue weighted by Gasteiger charge is -2.44. The normalized spacial score (nSPS) is 16.4. The van der Waals surface area contributed by atoms with E-state index in [4.69, 9.17) is 23.1 Å². The monoisotopic (exact) mass is 746 g/mol. The third-order valence-corrected chi connectivity index (χ3v) is 20.0. The molecular formula is C41H70O8Si2. The van der Waals surface area contributed by atoms with Gasteiger partial charge in [0.05, 0.1) is 24.2 Å². The Morgan fingerprint density at radius 1 is 0.745 bits per heavy atom. The first-order chi connectivity index (χ1) is 23.5. The van der Waals surface area contributed by atoms with E-state index in [9.17, 15) is 15.0 Å². The van der Waals surface area contributed by atoms with Crippen LogP contribution in [-0.4, -0.2) is 84.9 Å². The van der Waals surface area contributed by atoms with Gasteiger partial charge in [0.25, 0.3) is 8.32 Å². The molecule has 8 nitrogen and oxygen atoms in total. The molecule has 0 aromatic heterocycles. The van der Waals surface area contributed by atoms with Gasteiger partial charge in [-0.2, -0.15) is 0 Å². The Bertz CT molecular complexity index is 1260. The quantitative estimate of drug-likeness (QED) is 0.0877. The van der Waals surface area contributed by atoms with E-state index in [-0.39, 0.29) is 35.0 Å². The highest BCUT2D eigenvalue weighted by atomic mass is 28.4. The average Bonchev–Trinajstić information content (AvgIpc) is 3.05. The first-order valence-electron chi connectivity index (χ1n) is 18.5. The van der Waals surface area contributed by atoms with Gasteiger partial charge in [-0.25, -0.2) is 0 Å². The second-order valence-corrected chi connectivity index (χ2v) is 26.8. The molecule has 51 heavy (non-hydrogen) atoms. The van der Waals surface area contributed by atoms with E-state index in [1.807, 2.05) is 32.9 Å². The third kappa shape index (κ3) is 12.3. The lowest BCUT2D eigenvalue weighted by Crippen LogP contribution is -2.66. The van der Waals surface area contributed by atoms with Gasteiger partial charge in [0.15, 0.2) is 14.6 Å². The number of rotatable bonds is 19. The molecule has 0 fully saturated rings. The van der Waals surface area contributed by atoms with Crippen molar-refractivity contribution in [2.24, 2.45) is 17.3 Å². The lowest BCUT2D eigenvalue weighted by molar-refractivity contribution is -0.155. The molecule has 0 spiro atoms. The molecule has 0 radical (unpaired) electrons. The topological polar surface area (TPSA) is 104 Å². The van der Waals surface area contributed by atoms with E-state index in [0.717, 1.165) is 0 Å². The summed E-state index contributed by atoms with van der Waals surface area (Å²) in [4.78, 5) is 12.6. The van der Waals surface area contributed by atoms with Crippen molar-refractivity contribution in [2.75, 3.05) is 27.4 Å². The zero-order chi connectivity index (χ0) is 38.8. The van der Waals surface area contributed by atoms with Gasteiger partial charge in [-0.3, -0.25) is 4.79 Å². The van der Waals surface area contributed by atoms with Crippen molar-refractivity contribution in [3.63, 3.8) is 0 Å². The zero-order valence-corrected chi connectivity index (χ0v) is 36.1. The van der Waals surface area contributed by atoms with E-state index < -0.39 is 52.6 Å². The average molecular weight is 747 g/mol. The van der Waals surface area contributed by atoms with Crippen molar-refractivity contribution in [2.45, 2.75) is 136 Å². The van der Waals surface area contributed by atoms with Crippen LogP contribution in [0.1, 0.15) is 88.5 Å². The zero-order valence-electron chi connectivity index (χ0n) is 34.1. The number of aliphatic hydroxyl groups excluding tert-OH is 2. The number of benzene rings is 2. The number of hydrogen-bond acceptors (Lipinski definition) is 8. The minimum Gasteiger partial charge on any atom is -0.465 e. The number of ether oxygens (including phenoxy) is 3. The molecule has 0 aliphatic heterocycles. The van der Waals surface area contributed by atoms with Gasteiger partial charge in [0, 0.05) is 33.7 Å². The molecule has 290 valence electrons. The molecule has 0 aliphatic carbocycles. The van der Waals surface area contributed by atoms with Crippen LogP contribution < -0.4 is 10.4 Å². The van der Waals surface area contributed by atoms with Crippen molar-refractivity contribution < 1.29 is 38.1 Å². The van der Waals surface area contributed by atoms with E-state index >= 15 is 0 Å². The predicted octanol–water partition coefficient (Wildman–Crippen LogP) is 7.31. The van der Waals surface area contributed by atoms with Crippen LogP contribution >= 0.6 is 0 Å². The van der Waals surface area contributed by atoms with E-state index in [1.165, 1.54) is 10.4 Å². The fraction of sp³-hybridized carbons (Fsp3) is 0.683. The predicted molar refractivity (Wildman–Crippen MR) is 212 cm³/mol. The SMILES string of the molecule is COC(C[C@@H](C[C@@H](C)CO[Si](c1ccccc1)(c1ccccc1)C(C)(C)C)[C@H](O)[C@@H](O)[C@@H](CCOC(=O)C(C)(C)C)O[Si](C)(C)C(C)(C)C)OC. The molecule has 2 N–H and O–H groups in total. The maximum atomic E-state index is 12.6. The molecule has 0 bridgehead atoms. The highest BCUT2D eigenvalue weighted by molar-refractivity contribution is 6.99. The molecule has 0 aliphatic rings. The van der Waals surface area contributed by atoms with E-state index in [0.29, 0.717) is 19.4 Å². The van der Waals surface area contributed by atoms with Gasteiger partial charge >= 0.3 is 5.97 Å². The van der Waals surface area contributed by atoms with Gasteiger partial charge in [0.1, 0.15) is 6.10 Å². The Hall–Kier alpha value is -1.90. The molecule has 0 saturated carbocycles. The molecule has 0 saturated heterocycles. The summed E-state index contributed by atoms with van der Waals surface area (Å²) in [6, 6.07) is 21.1. The summed E-state index contributed by atoms with van der Waals surface area (Å²) in [5, 5.41) is 26.1. The Morgan fingerprint density at radius 2 is 1.24 bits per heavy atom. The van der Waals surface area contributed by atoms with Gasteiger partial charge in [0.2, 0.25) is 0 Å². The summed E-state index contributed by atoms with van der Waals surface area (Å²) in [6.07, 6.45) is -2.56. The Morgan fingerprint density at radius 3 is 1.65 bits per heavy atom. The second kappa shape index (κ2) is 18.9. The highest BCUT2D eigenvalue weighted by Crippen LogP contribution is 2.40. The Labute approximate surface area is 311 Å².